The van der Waals surface area contributed by atoms with E-state index in [0.29, 0.717) is 13.1 Å². The van der Waals surface area contributed by atoms with Gasteiger partial charge in [0.15, 0.2) is 0 Å². The highest BCUT2D eigenvalue weighted by Gasteiger charge is 2.35. The monoisotopic (exact) mass is 373 g/mol. The number of thiazole rings is 1. The molecule has 0 radical (unpaired) electrons. The van der Waals surface area contributed by atoms with Gasteiger partial charge in [0.25, 0.3) is 0 Å². The molecule has 1 unspecified atom stereocenters. The van der Waals surface area contributed by atoms with Gasteiger partial charge in [0, 0.05) is 32.1 Å². The topological polar surface area (TPSA) is 62.7 Å². The SMILES string of the molecule is COC(C)c1nc(CN2CCC(S(=O)(=O)N3CCCC3)CC2)cs1. The van der Waals surface area contributed by atoms with E-state index in [2.05, 4.69) is 15.3 Å². The Morgan fingerprint density at radius 3 is 2.58 bits per heavy atom. The van der Waals surface area contributed by atoms with Gasteiger partial charge in [0.1, 0.15) is 11.1 Å². The second-order valence-corrected chi connectivity index (χ2v) is 9.78. The third-order valence-corrected chi connectivity index (χ3v) is 8.49. The van der Waals surface area contributed by atoms with Crippen LogP contribution < -0.4 is 0 Å². The van der Waals surface area contributed by atoms with E-state index in [-0.39, 0.29) is 11.4 Å². The number of ether oxygens (including phenoxy) is 1. The van der Waals surface area contributed by atoms with Gasteiger partial charge in [-0.15, -0.1) is 11.3 Å². The molecule has 2 aliphatic heterocycles. The lowest BCUT2D eigenvalue weighted by Crippen LogP contribution is -2.44. The lowest BCUT2D eigenvalue weighted by atomic mass is 10.1. The second-order valence-electron chi connectivity index (χ2n) is 6.68. The van der Waals surface area contributed by atoms with Crippen LogP contribution in [0.25, 0.3) is 0 Å². The van der Waals surface area contributed by atoms with Crippen molar-refractivity contribution in [1.82, 2.24) is 14.2 Å². The van der Waals surface area contributed by atoms with Gasteiger partial charge in [-0.1, -0.05) is 0 Å². The van der Waals surface area contributed by atoms with E-state index in [9.17, 15) is 8.42 Å². The van der Waals surface area contributed by atoms with Crippen molar-refractivity contribution in [2.45, 2.75) is 50.5 Å². The third-order valence-electron chi connectivity index (χ3n) is 5.04. The van der Waals surface area contributed by atoms with Crippen molar-refractivity contribution in [1.29, 1.82) is 0 Å². The number of hydrogen-bond donors (Lipinski definition) is 0. The molecule has 8 heteroatoms. The summed E-state index contributed by atoms with van der Waals surface area (Å²) in [5.41, 5.74) is 1.06. The van der Waals surface area contributed by atoms with Crippen LogP contribution >= 0.6 is 11.3 Å². The minimum atomic E-state index is -3.09. The van der Waals surface area contributed by atoms with Crippen LogP contribution in [0.4, 0.5) is 0 Å². The van der Waals surface area contributed by atoms with Gasteiger partial charge in [0.2, 0.25) is 10.0 Å². The fourth-order valence-corrected chi connectivity index (χ4v) is 6.27. The van der Waals surface area contributed by atoms with Gasteiger partial charge in [-0.2, -0.15) is 0 Å². The predicted molar refractivity (Wildman–Crippen MR) is 95.6 cm³/mol. The first kappa shape index (κ1) is 18.3. The molecule has 0 spiro atoms. The Kier molecular flexibility index (Phi) is 5.92. The molecule has 0 N–H and O–H groups in total. The Hall–Kier alpha value is -0.540. The van der Waals surface area contributed by atoms with Crippen LogP contribution in [0.5, 0.6) is 0 Å². The van der Waals surface area contributed by atoms with E-state index in [1.165, 1.54) is 0 Å². The molecule has 0 bridgehead atoms. The highest BCUT2D eigenvalue weighted by atomic mass is 32.2. The van der Waals surface area contributed by atoms with E-state index in [1.54, 1.807) is 22.8 Å². The van der Waals surface area contributed by atoms with Crippen LogP contribution in [0.1, 0.15) is 49.4 Å². The minimum absolute atomic E-state index is 0.0279. The molecule has 0 aliphatic carbocycles. The average molecular weight is 374 g/mol. The largest absolute Gasteiger partial charge is 0.375 e. The van der Waals surface area contributed by atoms with Crippen molar-refractivity contribution in [3.8, 4) is 0 Å². The Morgan fingerprint density at radius 2 is 1.96 bits per heavy atom. The molecule has 136 valence electrons. The highest BCUT2D eigenvalue weighted by molar-refractivity contribution is 7.89. The van der Waals surface area contributed by atoms with Gasteiger partial charge in [0.05, 0.1) is 10.9 Å². The van der Waals surface area contributed by atoms with E-state index in [1.807, 2.05) is 6.92 Å². The van der Waals surface area contributed by atoms with Gasteiger partial charge < -0.3 is 4.74 Å². The van der Waals surface area contributed by atoms with Crippen molar-refractivity contribution in [3.05, 3.63) is 16.1 Å². The first-order chi connectivity index (χ1) is 11.5. The Morgan fingerprint density at radius 1 is 1.29 bits per heavy atom. The van der Waals surface area contributed by atoms with Gasteiger partial charge in [-0.3, -0.25) is 4.90 Å². The molecule has 0 amide bonds. The van der Waals surface area contributed by atoms with Crippen molar-refractivity contribution in [3.63, 3.8) is 0 Å². The van der Waals surface area contributed by atoms with E-state index in [4.69, 9.17) is 4.74 Å². The van der Waals surface area contributed by atoms with Crippen LogP contribution in [-0.4, -0.2) is 61.1 Å². The second kappa shape index (κ2) is 7.78. The lowest BCUT2D eigenvalue weighted by molar-refractivity contribution is 0.119. The number of likely N-dealkylation sites (tertiary alicyclic amines) is 1. The number of aromatic nitrogens is 1. The smallest absolute Gasteiger partial charge is 0.217 e. The molecule has 3 rings (SSSR count). The van der Waals surface area contributed by atoms with Crippen LogP contribution in [-0.2, 0) is 21.3 Å². The molecular weight excluding hydrogens is 346 g/mol. The molecule has 24 heavy (non-hydrogen) atoms. The number of piperidine rings is 1. The lowest BCUT2D eigenvalue weighted by Gasteiger charge is -2.33. The number of nitrogens with zero attached hydrogens (tertiary/aromatic N) is 3. The highest BCUT2D eigenvalue weighted by Crippen LogP contribution is 2.26. The molecule has 3 heterocycles. The van der Waals surface area contributed by atoms with Crippen LogP contribution in [0.15, 0.2) is 5.38 Å². The molecule has 2 saturated heterocycles. The molecule has 6 nitrogen and oxygen atoms in total. The van der Waals surface area contributed by atoms with Crippen molar-refractivity contribution >= 4 is 21.4 Å². The van der Waals surface area contributed by atoms with Crippen molar-refractivity contribution < 1.29 is 13.2 Å². The van der Waals surface area contributed by atoms with Gasteiger partial charge >= 0.3 is 0 Å². The average Bonchev–Trinajstić information content (AvgIpc) is 3.26. The maximum atomic E-state index is 12.6. The maximum absolute atomic E-state index is 12.6. The maximum Gasteiger partial charge on any atom is 0.217 e. The summed E-state index contributed by atoms with van der Waals surface area (Å²) < 4.78 is 32.3. The summed E-state index contributed by atoms with van der Waals surface area (Å²) in [5.74, 6) is 0. The first-order valence-corrected chi connectivity index (χ1v) is 11.1. The molecule has 2 fully saturated rings. The number of sulfonamides is 1. The summed E-state index contributed by atoms with van der Waals surface area (Å²) >= 11 is 1.63. The Bertz CT molecular complexity index is 633. The number of rotatable bonds is 6. The molecule has 2 aliphatic rings. The standard InChI is InChI=1S/C16H27N3O3S2/c1-13(22-2)16-17-14(12-23-16)11-18-9-5-15(6-10-18)24(20,21)19-7-3-4-8-19/h12-13,15H,3-11H2,1-2H3. The summed E-state index contributed by atoms with van der Waals surface area (Å²) in [6.07, 6.45) is 3.49. The zero-order valence-electron chi connectivity index (χ0n) is 14.5. The van der Waals surface area contributed by atoms with Gasteiger partial charge in [-0.05, 0) is 45.7 Å². The third kappa shape index (κ3) is 3.99. The van der Waals surface area contributed by atoms with Crippen LogP contribution in [0, 0.1) is 0 Å². The van der Waals surface area contributed by atoms with Crippen molar-refractivity contribution in [2.24, 2.45) is 0 Å². The predicted octanol–water partition coefficient (Wildman–Crippen LogP) is 2.24. The van der Waals surface area contributed by atoms with Crippen LogP contribution in [0.2, 0.25) is 0 Å². The fraction of sp³-hybridized carbons (Fsp3) is 0.812. The summed E-state index contributed by atoms with van der Waals surface area (Å²) in [7, 11) is -1.40. The van der Waals surface area contributed by atoms with Gasteiger partial charge in [-0.25, -0.2) is 17.7 Å². The number of methoxy groups -OCH3 is 1. The Balaban J connectivity index is 1.52. The minimum Gasteiger partial charge on any atom is -0.375 e. The zero-order valence-corrected chi connectivity index (χ0v) is 16.1. The molecule has 0 aromatic carbocycles. The fourth-order valence-electron chi connectivity index (χ4n) is 3.43. The number of hydrogen-bond acceptors (Lipinski definition) is 6. The first-order valence-electron chi connectivity index (χ1n) is 8.69. The molecule has 1 aromatic heterocycles. The molecule has 1 aromatic rings. The van der Waals surface area contributed by atoms with E-state index in [0.717, 1.165) is 56.0 Å². The molecule has 0 saturated carbocycles. The van der Waals surface area contributed by atoms with E-state index >= 15 is 0 Å². The summed E-state index contributed by atoms with van der Waals surface area (Å²) in [6.45, 7) is 5.86. The summed E-state index contributed by atoms with van der Waals surface area (Å²) in [4.78, 5) is 6.94. The quantitative estimate of drug-likeness (QED) is 0.765. The summed E-state index contributed by atoms with van der Waals surface area (Å²) in [6, 6.07) is 0. The van der Waals surface area contributed by atoms with E-state index < -0.39 is 10.0 Å². The molecular formula is C16H27N3O3S2. The Labute approximate surface area is 148 Å². The zero-order chi connectivity index (χ0) is 17.2. The van der Waals surface area contributed by atoms with Crippen molar-refractivity contribution in [2.75, 3.05) is 33.3 Å². The normalized spacial score (nSPS) is 22.9. The molecule has 1 atom stereocenters. The summed E-state index contributed by atoms with van der Waals surface area (Å²) in [5, 5.41) is 2.88. The van der Waals surface area contributed by atoms with Crippen LogP contribution in [0.3, 0.4) is 0 Å².